The van der Waals surface area contributed by atoms with E-state index < -0.39 is 0 Å². The van der Waals surface area contributed by atoms with Crippen LogP contribution in [-0.2, 0) is 13.1 Å². The number of nitrogens with zero attached hydrogens (tertiary/aromatic N) is 1. The van der Waals surface area contributed by atoms with Gasteiger partial charge in [0.1, 0.15) is 5.75 Å². The number of hydrogen-bond acceptors (Lipinski definition) is 3. The van der Waals surface area contributed by atoms with Crippen molar-refractivity contribution in [2.45, 2.75) is 20.0 Å². The van der Waals surface area contributed by atoms with Gasteiger partial charge in [0, 0.05) is 16.6 Å². The molecular weight excluding hydrogens is 438 g/mol. The first-order valence-corrected chi connectivity index (χ1v) is 10.9. The van der Waals surface area contributed by atoms with E-state index in [0.29, 0.717) is 22.0 Å². The molecule has 0 aliphatic rings. The summed E-state index contributed by atoms with van der Waals surface area (Å²) in [6, 6.07) is 21.8. The van der Waals surface area contributed by atoms with Crippen molar-refractivity contribution in [3.05, 3.63) is 105 Å². The van der Waals surface area contributed by atoms with Gasteiger partial charge in [0.15, 0.2) is 0 Å². The van der Waals surface area contributed by atoms with E-state index in [1.165, 1.54) is 0 Å². The van der Waals surface area contributed by atoms with E-state index in [1.807, 2.05) is 55.5 Å². The first kappa shape index (κ1) is 22.4. The summed E-state index contributed by atoms with van der Waals surface area (Å²) in [5, 5.41) is 4.20. The maximum absolute atomic E-state index is 13.3. The number of methoxy groups -OCH3 is 1. The summed E-state index contributed by atoms with van der Waals surface area (Å²) in [6.45, 7) is 2.34. The summed E-state index contributed by atoms with van der Waals surface area (Å²) in [5.74, 6) is 0.663. The van der Waals surface area contributed by atoms with Crippen molar-refractivity contribution in [2.75, 3.05) is 12.4 Å². The molecule has 6 nitrogen and oxygen atoms in total. The Bertz CT molecular complexity index is 1370. The highest BCUT2D eigenvalue weighted by atomic mass is 35.5. The number of para-hydroxylation sites is 2. The zero-order valence-corrected chi connectivity index (χ0v) is 19.1. The number of anilines is 1. The normalized spacial score (nSPS) is 10.8. The molecule has 3 aromatic carbocycles. The molecule has 0 saturated carbocycles. The first-order valence-electron chi connectivity index (χ1n) is 10.5. The van der Waals surface area contributed by atoms with E-state index in [0.717, 1.165) is 22.0 Å². The number of aromatic amines is 1. The van der Waals surface area contributed by atoms with E-state index >= 15 is 0 Å². The lowest BCUT2D eigenvalue weighted by Gasteiger charge is -2.24. The quantitative estimate of drug-likeness (QED) is 0.385. The smallest absolute Gasteiger partial charge is 0.322 e. The summed E-state index contributed by atoms with van der Waals surface area (Å²) in [7, 11) is 1.59. The Morgan fingerprint density at radius 2 is 1.73 bits per heavy atom. The number of aryl methyl sites for hydroxylation is 1. The number of rotatable bonds is 6. The van der Waals surface area contributed by atoms with Gasteiger partial charge in [0.2, 0.25) is 0 Å². The second-order valence-corrected chi connectivity index (χ2v) is 8.20. The Labute approximate surface area is 196 Å². The van der Waals surface area contributed by atoms with Crippen LogP contribution in [0, 0.1) is 6.92 Å². The fourth-order valence-corrected chi connectivity index (χ4v) is 3.87. The van der Waals surface area contributed by atoms with Crippen LogP contribution >= 0.6 is 11.6 Å². The van der Waals surface area contributed by atoms with Gasteiger partial charge < -0.3 is 19.9 Å². The molecule has 0 aliphatic carbocycles. The highest BCUT2D eigenvalue weighted by Crippen LogP contribution is 2.24. The number of amides is 2. The van der Waals surface area contributed by atoms with E-state index in [1.54, 1.807) is 36.3 Å². The number of aromatic nitrogens is 1. The third-order valence-corrected chi connectivity index (χ3v) is 5.72. The number of ether oxygens (including phenoxy) is 1. The van der Waals surface area contributed by atoms with Gasteiger partial charge in [0.05, 0.1) is 30.9 Å². The standard InChI is InChI=1S/C26H24ClN3O3/c1-17-11-12-22-19(13-17)14-20(25(31)28-22)16-30(15-18-7-3-6-10-24(18)33-2)26(32)29-23-9-5-4-8-21(23)27/h3-14H,15-16H2,1-2H3,(H,28,31)(H,29,32). The van der Waals surface area contributed by atoms with Crippen molar-refractivity contribution < 1.29 is 9.53 Å². The zero-order valence-electron chi connectivity index (χ0n) is 18.4. The molecule has 7 heteroatoms. The molecule has 0 fully saturated rings. The number of urea groups is 1. The molecule has 0 radical (unpaired) electrons. The number of halogens is 1. The van der Waals surface area contributed by atoms with Gasteiger partial charge in [-0.3, -0.25) is 4.79 Å². The Balaban J connectivity index is 1.69. The molecule has 4 rings (SSSR count). The van der Waals surface area contributed by atoms with Crippen LogP contribution in [0.25, 0.3) is 10.9 Å². The van der Waals surface area contributed by atoms with Crippen molar-refractivity contribution >= 4 is 34.2 Å². The minimum atomic E-state index is -0.377. The molecule has 0 saturated heterocycles. The number of benzene rings is 3. The van der Waals surface area contributed by atoms with Crippen LogP contribution in [0.15, 0.2) is 77.6 Å². The molecule has 1 aromatic heterocycles. The number of pyridine rings is 1. The van der Waals surface area contributed by atoms with E-state index in [4.69, 9.17) is 16.3 Å². The number of carbonyl (C=O) groups is 1. The highest BCUT2D eigenvalue weighted by molar-refractivity contribution is 6.33. The van der Waals surface area contributed by atoms with Gasteiger partial charge in [-0.05, 0) is 48.7 Å². The summed E-state index contributed by atoms with van der Waals surface area (Å²) in [6.07, 6.45) is 0. The summed E-state index contributed by atoms with van der Waals surface area (Å²) in [4.78, 5) is 30.6. The Kier molecular flexibility index (Phi) is 6.66. The molecule has 2 amide bonds. The maximum atomic E-state index is 13.3. The van der Waals surface area contributed by atoms with Crippen LogP contribution in [0.5, 0.6) is 5.75 Å². The molecule has 2 N–H and O–H groups in total. The predicted octanol–water partition coefficient (Wildman–Crippen LogP) is 5.73. The van der Waals surface area contributed by atoms with Gasteiger partial charge in [-0.2, -0.15) is 0 Å². The second kappa shape index (κ2) is 9.79. The molecule has 4 aromatic rings. The minimum absolute atomic E-state index is 0.105. The van der Waals surface area contributed by atoms with E-state index in [9.17, 15) is 9.59 Å². The molecule has 0 spiro atoms. The first-order chi connectivity index (χ1) is 15.9. The van der Waals surface area contributed by atoms with E-state index in [-0.39, 0.29) is 24.7 Å². The Hall–Kier alpha value is -3.77. The third kappa shape index (κ3) is 5.18. The second-order valence-electron chi connectivity index (χ2n) is 7.79. The maximum Gasteiger partial charge on any atom is 0.322 e. The van der Waals surface area contributed by atoms with Crippen LogP contribution in [0.4, 0.5) is 10.5 Å². The fraction of sp³-hybridized carbons (Fsp3) is 0.154. The van der Waals surface area contributed by atoms with Gasteiger partial charge in [-0.25, -0.2) is 4.79 Å². The monoisotopic (exact) mass is 461 g/mol. The van der Waals surface area contributed by atoms with Gasteiger partial charge in [0.25, 0.3) is 5.56 Å². The van der Waals surface area contributed by atoms with Gasteiger partial charge >= 0.3 is 6.03 Å². The fourth-order valence-electron chi connectivity index (χ4n) is 3.69. The molecule has 0 bridgehead atoms. The van der Waals surface area contributed by atoms with Crippen LogP contribution in [0.2, 0.25) is 5.02 Å². The number of carbonyl (C=O) groups excluding carboxylic acids is 1. The molecular formula is C26H24ClN3O3. The average molecular weight is 462 g/mol. The largest absolute Gasteiger partial charge is 0.496 e. The molecule has 0 unspecified atom stereocenters. The molecule has 33 heavy (non-hydrogen) atoms. The number of hydrogen-bond donors (Lipinski definition) is 2. The van der Waals surface area contributed by atoms with Crippen molar-refractivity contribution in [3.63, 3.8) is 0 Å². The topological polar surface area (TPSA) is 74.4 Å². The number of H-pyrrole nitrogens is 1. The summed E-state index contributed by atoms with van der Waals surface area (Å²) in [5.41, 5.74) is 3.41. The van der Waals surface area contributed by atoms with Crippen molar-refractivity contribution in [3.8, 4) is 5.75 Å². The predicted molar refractivity (Wildman–Crippen MR) is 132 cm³/mol. The highest BCUT2D eigenvalue weighted by Gasteiger charge is 2.19. The van der Waals surface area contributed by atoms with Crippen LogP contribution < -0.4 is 15.6 Å². The van der Waals surface area contributed by atoms with Crippen molar-refractivity contribution in [1.29, 1.82) is 0 Å². The summed E-state index contributed by atoms with van der Waals surface area (Å²) < 4.78 is 5.46. The molecule has 0 aliphatic heterocycles. The number of nitrogens with one attached hydrogen (secondary N) is 2. The van der Waals surface area contributed by atoms with Crippen molar-refractivity contribution in [1.82, 2.24) is 9.88 Å². The molecule has 1 heterocycles. The van der Waals surface area contributed by atoms with Crippen molar-refractivity contribution in [2.24, 2.45) is 0 Å². The molecule has 168 valence electrons. The Morgan fingerprint density at radius 1 is 1.00 bits per heavy atom. The van der Waals surface area contributed by atoms with E-state index in [2.05, 4.69) is 10.3 Å². The van der Waals surface area contributed by atoms with Gasteiger partial charge in [-0.15, -0.1) is 0 Å². The molecule has 0 atom stereocenters. The van der Waals surface area contributed by atoms with Crippen LogP contribution in [-0.4, -0.2) is 23.0 Å². The lowest BCUT2D eigenvalue weighted by Crippen LogP contribution is -2.36. The lowest BCUT2D eigenvalue weighted by atomic mass is 10.1. The Morgan fingerprint density at radius 3 is 2.52 bits per heavy atom. The summed E-state index contributed by atoms with van der Waals surface area (Å²) >= 11 is 6.24. The SMILES string of the molecule is COc1ccccc1CN(Cc1cc2cc(C)ccc2[nH]c1=O)C(=O)Nc1ccccc1Cl. The minimum Gasteiger partial charge on any atom is -0.496 e. The lowest BCUT2D eigenvalue weighted by molar-refractivity contribution is 0.205. The third-order valence-electron chi connectivity index (χ3n) is 5.39. The number of fused-ring (bicyclic) bond motifs is 1. The average Bonchev–Trinajstić information content (AvgIpc) is 2.81. The van der Waals surface area contributed by atoms with Crippen LogP contribution in [0.3, 0.4) is 0 Å². The van der Waals surface area contributed by atoms with Crippen LogP contribution in [0.1, 0.15) is 16.7 Å². The zero-order chi connectivity index (χ0) is 23.4. The van der Waals surface area contributed by atoms with Gasteiger partial charge in [-0.1, -0.05) is 53.6 Å².